The summed E-state index contributed by atoms with van der Waals surface area (Å²) in [7, 11) is -3.79. The third-order valence-electron chi connectivity index (χ3n) is 4.59. The summed E-state index contributed by atoms with van der Waals surface area (Å²) in [4.78, 5) is 12.4. The minimum Gasteiger partial charge on any atom is -0.482 e. The molecule has 0 aliphatic carbocycles. The van der Waals surface area contributed by atoms with E-state index in [1.807, 2.05) is 32.0 Å². The van der Waals surface area contributed by atoms with E-state index >= 15 is 0 Å². The Morgan fingerprint density at radius 2 is 1.83 bits per heavy atom. The Morgan fingerprint density at radius 3 is 2.45 bits per heavy atom. The molecule has 1 N–H and O–H groups in total. The lowest BCUT2D eigenvalue weighted by Crippen LogP contribution is -2.31. The summed E-state index contributed by atoms with van der Waals surface area (Å²) < 4.78 is 32.7. The molecular weight excluding hydrogens is 412 g/mol. The van der Waals surface area contributed by atoms with Crippen molar-refractivity contribution in [3.8, 4) is 5.75 Å². The number of anilines is 1. The van der Waals surface area contributed by atoms with Crippen LogP contribution in [-0.2, 0) is 21.2 Å². The van der Waals surface area contributed by atoms with E-state index in [0.29, 0.717) is 13.1 Å². The average molecular weight is 439 g/mol. The zero-order valence-electron chi connectivity index (χ0n) is 17.2. The second kappa shape index (κ2) is 10.1. The van der Waals surface area contributed by atoms with Gasteiger partial charge in [0.1, 0.15) is 10.6 Å². The molecule has 0 aromatic heterocycles. The number of para-hydroxylation sites is 1. The molecule has 8 heteroatoms. The van der Waals surface area contributed by atoms with Gasteiger partial charge in [-0.3, -0.25) is 4.79 Å². The predicted octanol–water partition coefficient (Wildman–Crippen LogP) is 4.26. The number of ether oxygens (including phenoxy) is 1. The zero-order valence-corrected chi connectivity index (χ0v) is 18.7. The highest BCUT2D eigenvalue weighted by Gasteiger charge is 2.26. The van der Waals surface area contributed by atoms with Gasteiger partial charge < -0.3 is 10.1 Å². The fraction of sp³-hybridized carbons (Fsp3) is 0.381. The molecule has 0 aliphatic rings. The Hall–Kier alpha value is -2.09. The molecule has 0 heterocycles. The Balaban J connectivity index is 2.23. The zero-order chi connectivity index (χ0) is 21.6. The number of halogens is 1. The molecule has 0 saturated heterocycles. The van der Waals surface area contributed by atoms with Gasteiger partial charge in [0.25, 0.3) is 5.91 Å². The molecule has 2 aromatic carbocycles. The highest BCUT2D eigenvalue weighted by molar-refractivity contribution is 7.89. The first-order valence-corrected chi connectivity index (χ1v) is 11.4. The van der Waals surface area contributed by atoms with Gasteiger partial charge in [-0.05, 0) is 42.7 Å². The second-order valence-corrected chi connectivity index (χ2v) is 8.82. The van der Waals surface area contributed by atoms with Gasteiger partial charge >= 0.3 is 0 Å². The van der Waals surface area contributed by atoms with E-state index in [-0.39, 0.29) is 28.2 Å². The van der Waals surface area contributed by atoms with Gasteiger partial charge in [-0.25, -0.2) is 8.42 Å². The number of sulfonamides is 1. The molecular formula is C21H27ClN2O4S. The van der Waals surface area contributed by atoms with Crippen molar-refractivity contribution >= 4 is 33.2 Å². The van der Waals surface area contributed by atoms with Crippen LogP contribution in [0, 0.1) is 6.92 Å². The van der Waals surface area contributed by atoms with Crippen LogP contribution in [-0.4, -0.2) is 38.3 Å². The monoisotopic (exact) mass is 438 g/mol. The van der Waals surface area contributed by atoms with Crippen molar-refractivity contribution in [3.05, 3.63) is 52.5 Å². The number of benzene rings is 2. The molecule has 0 fully saturated rings. The third kappa shape index (κ3) is 5.50. The number of rotatable bonds is 9. The largest absolute Gasteiger partial charge is 0.482 e. The molecule has 2 rings (SSSR count). The van der Waals surface area contributed by atoms with Gasteiger partial charge in [0.05, 0.1) is 0 Å². The van der Waals surface area contributed by atoms with Crippen LogP contribution < -0.4 is 10.1 Å². The van der Waals surface area contributed by atoms with Crippen LogP contribution in [0.4, 0.5) is 5.69 Å². The summed E-state index contributed by atoms with van der Waals surface area (Å²) >= 11 is 6.02. The van der Waals surface area contributed by atoms with Crippen LogP contribution in [0.25, 0.3) is 0 Å². The molecule has 0 saturated carbocycles. The SMILES string of the molecule is CCc1cccc(C)c1NC(=O)COc1ccc(Cl)cc1S(=O)(=O)N(CC)CC. The Labute approximate surface area is 177 Å². The summed E-state index contributed by atoms with van der Waals surface area (Å²) in [6.45, 7) is 7.76. The van der Waals surface area contributed by atoms with Gasteiger partial charge in [0.15, 0.2) is 6.61 Å². The topological polar surface area (TPSA) is 75.7 Å². The Morgan fingerprint density at radius 1 is 1.14 bits per heavy atom. The number of hydrogen-bond acceptors (Lipinski definition) is 4. The molecule has 158 valence electrons. The fourth-order valence-corrected chi connectivity index (χ4v) is 4.88. The molecule has 2 aromatic rings. The van der Waals surface area contributed by atoms with Gasteiger partial charge in [-0.2, -0.15) is 4.31 Å². The first-order chi connectivity index (χ1) is 13.7. The third-order valence-corrected chi connectivity index (χ3v) is 6.90. The summed E-state index contributed by atoms with van der Waals surface area (Å²) in [5, 5.41) is 3.14. The van der Waals surface area contributed by atoms with E-state index in [1.54, 1.807) is 13.8 Å². The quantitative estimate of drug-likeness (QED) is 0.634. The molecule has 29 heavy (non-hydrogen) atoms. The summed E-state index contributed by atoms with van der Waals surface area (Å²) in [5.41, 5.74) is 2.74. The van der Waals surface area contributed by atoms with Crippen LogP contribution in [0.2, 0.25) is 5.02 Å². The van der Waals surface area contributed by atoms with Crippen LogP contribution in [0.3, 0.4) is 0 Å². The lowest BCUT2D eigenvalue weighted by atomic mass is 10.1. The van der Waals surface area contributed by atoms with E-state index in [4.69, 9.17) is 16.3 Å². The van der Waals surface area contributed by atoms with E-state index in [0.717, 1.165) is 23.2 Å². The van der Waals surface area contributed by atoms with Crippen LogP contribution in [0.1, 0.15) is 31.9 Å². The van der Waals surface area contributed by atoms with Gasteiger partial charge in [0.2, 0.25) is 10.0 Å². The van der Waals surface area contributed by atoms with Gasteiger partial charge in [-0.1, -0.05) is 50.6 Å². The summed E-state index contributed by atoms with van der Waals surface area (Å²) in [5.74, 6) is -0.271. The van der Waals surface area contributed by atoms with Gasteiger partial charge in [0, 0.05) is 23.8 Å². The molecule has 0 bridgehead atoms. The molecule has 0 aliphatic heterocycles. The Kier molecular flexibility index (Phi) is 8.07. The predicted molar refractivity (Wildman–Crippen MR) is 116 cm³/mol. The van der Waals surface area contributed by atoms with Crippen molar-refractivity contribution in [1.29, 1.82) is 0 Å². The maximum absolute atomic E-state index is 12.9. The average Bonchev–Trinajstić information content (AvgIpc) is 2.69. The minimum absolute atomic E-state index is 0.0494. The smallest absolute Gasteiger partial charge is 0.262 e. The highest BCUT2D eigenvalue weighted by Crippen LogP contribution is 2.30. The minimum atomic E-state index is -3.79. The van der Waals surface area contributed by atoms with Crippen molar-refractivity contribution < 1.29 is 17.9 Å². The van der Waals surface area contributed by atoms with E-state index in [9.17, 15) is 13.2 Å². The second-order valence-electron chi connectivity index (χ2n) is 6.48. The molecule has 0 radical (unpaired) electrons. The Bertz CT molecular complexity index is 973. The standard InChI is InChI=1S/C21H27ClN2O4S/c1-5-16-10-8-9-15(4)21(16)23-20(25)14-28-18-12-11-17(22)13-19(18)29(26,27)24(6-2)7-3/h8-13H,5-7,14H2,1-4H3,(H,23,25). The van der Waals surface area contributed by atoms with Crippen molar-refractivity contribution in [2.75, 3.05) is 25.0 Å². The van der Waals surface area contributed by atoms with E-state index in [2.05, 4.69) is 5.32 Å². The lowest BCUT2D eigenvalue weighted by Gasteiger charge is -2.20. The molecule has 1 amide bonds. The first kappa shape index (κ1) is 23.2. The van der Waals surface area contributed by atoms with Crippen molar-refractivity contribution in [2.45, 2.75) is 39.0 Å². The van der Waals surface area contributed by atoms with E-state index in [1.165, 1.54) is 22.5 Å². The number of carbonyl (C=O) groups excluding carboxylic acids is 1. The number of amides is 1. The summed E-state index contributed by atoms with van der Waals surface area (Å²) in [6.07, 6.45) is 0.779. The number of carbonyl (C=O) groups is 1. The molecule has 6 nitrogen and oxygen atoms in total. The molecule has 0 spiro atoms. The maximum Gasteiger partial charge on any atom is 0.262 e. The lowest BCUT2D eigenvalue weighted by molar-refractivity contribution is -0.118. The number of aryl methyl sites for hydroxylation is 2. The fourth-order valence-electron chi connectivity index (χ4n) is 3.03. The number of nitrogens with one attached hydrogen (secondary N) is 1. The molecule has 0 unspecified atom stereocenters. The summed E-state index contributed by atoms with van der Waals surface area (Å²) in [6, 6.07) is 10.2. The number of nitrogens with zero attached hydrogens (tertiary/aromatic N) is 1. The van der Waals surface area contributed by atoms with Crippen LogP contribution in [0.15, 0.2) is 41.3 Å². The first-order valence-electron chi connectivity index (χ1n) is 9.55. The molecule has 0 atom stereocenters. The van der Waals surface area contributed by atoms with Gasteiger partial charge in [-0.15, -0.1) is 0 Å². The van der Waals surface area contributed by atoms with Crippen molar-refractivity contribution in [3.63, 3.8) is 0 Å². The maximum atomic E-state index is 12.9. The van der Waals surface area contributed by atoms with Crippen LogP contribution in [0.5, 0.6) is 5.75 Å². The number of hydrogen-bond donors (Lipinski definition) is 1. The van der Waals surface area contributed by atoms with E-state index < -0.39 is 10.0 Å². The van der Waals surface area contributed by atoms with Crippen molar-refractivity contribution in [2.24, 2.45) is 0 Å². The van der Waals surface area contributed by atoms with Crippen LogP contribution >= 0.6 is 11.6 Å². The van der Waals surface area contributed by atoms with Crippen molar-refractivity contribution in [1.82, 2.24) is 4.31 Å². The highest BCUT2D eigenvalue weighted by atomic mass is 35.5. The normalized spacial score (nSPS) is 11.5.